The number of anilines is 2. The molecule has 4 rings (SSSR count). The molecule has 4 N–H and O–H groups in total. The fourth-order valence-electron chi connectivity index (χ4n) is 3.44. The van der Waals surface area contributed by atoms with Crippen LogP contribution in [0.3, 0.4) is 0 Å². The number of aromatic amines is 1. The molecule has 1 fully saturated rings. The van der Waals surface area contributed by atoms with Gasteiger partial charge in [0.2, 0.25) is 5.91 Å². The van der Waals surface area contributed by atoms with E-state index >= 15 is 0 Å². The topological polar surface area (TPSA) is 83.4 Å². The highest BCUT2D eigenvalue weighted by molar-refractivity contribution is 5.95. The van der Waals surface area contributed by atoms with E-state index in [1.165, 1.54) is 0 Å². The van der Waals surface area contributed by atoms with Crippen LogP contribution in [0.4, 0.5) is 11.4 Å². The van der Waals surface area contributed by atoms with Crippen molar-refractivity contribution in [2.75, 3.05) is 36.5 Å². The van der Waals surface area contributed by atoms with Gasteiger partial charge in [-0.3, -0.25) is 4.79 Å². The standard InChI is InChI=1S/C21H24N4O2/c22-19(13-15-14-23-20-4-2-1-3-18(15)20)21(26)24-16-5-7-17(8-6-16)25-9-11-27-12-10-25/h1-8,14,19,23H,9-13,22H2,(H,24,26). The van der Waals surface area contributed by atoms with E-state index in [9.17, 15) is 4.79 Å². The molecule has 1 aromatic heterocycles. The molecule has 27 heavy (non-hydrogen) atoms. The number of nitrogens with one attached hydrogen (secondary N) is 2. The number of carbonyl (C=O) groups excluding carboxylic acids is 1. The lowest BCUT2D eigenvalue weighted by molar-refractivity contribution is -0.117. The maximum absolute atomic E-state index is 12.5. The van der Waals surface area contributed by atoms with Crippen LogP contribution in [0.1, 0.15) is 5.56 Å². The summed E-state index contributed by atoms with van der Waals surface area (Å²) in [6, 6.07) is 15.3. The molecule has 6 heteroatoms. The molecule has 2 heterocycles. The summed E-state index contributed by atoms with van der Waals surface area (Å²) in [5.41, 5.74) is 10.1. The lowest BCUT2D eigenvalue weighted by Crippen LogP contribution is -2.37. The zero-order chi connectivity index (χ0) is 18.6. The molecule has 0 spiro atoms. The second-order valence-electron chi connectivity index (χ2n) is 6.81. The van der Waals surface area contributed by atoms with Crippen LogP contribution in [0.5, 0.6) is 0 Å². The Morgan fingerprint density at radius 3 is 2.67 bits per heavy atom. The number of carbonyl (C=O) groups is 1. The van der Waals surface area contributed by atoms with E-state index in [1.807, 2.05) is 54.7 Å². The van der Waals surface area contributed by atoms with Crippen molar-refractivity contribution in [3.05, 3.63) is 60.3 Å². The van der Waals surface area contributed by atoms with Crippen LogP contribution in [0.25, 0.3) is 10.9 Å². The van der Waals surface area contributed by atoms with Gasteiger partial charge in [-0.05, 0) is 42.3 Å². The lowest BCUT2D eigenvalue weighted by Gasteiger charge is -2.28. The molecule has 1 saturated heterocycles. The first kappa shape index (κ1) is 17.6. The molecule has 1 aliphatic rings. The first-order chi connectivity index (χ1) is 13.2. The number of para-hydroxylation sites is 1. The fraction of sp³-hybridized carbons (Fsp3) is 0.286. The normalized spacial score (nSPS) is 15.7. The maximum Gasteiger partial charge on any atom is 0.241 e. The first-order valence-corrected chi connectivity index (χ1v) is 9.25. The van der Waals surface area contributed by atoms with Crippen molar-refractivity contribution in [3.8, 4) is 0 Å². The predicted molar refractivity (Wildman–Crippen MR) is 108 cm³/mol. The third-order valence-corrected chi connectivity index (χ3v) is 4.96. The van der Waals surface area contributed by atoms with E-state index in [0.717, 1.165) is 54.1 Å². The molecule has 2 aromatic carbocycles. The number of ether oxygens (including phenoxy) is 1. The van der Waals surface area contributed by atoms with E-state index in [1.54, 1.807) is 0 Å². The molecule has 1 atom stereocenters. The quantitative estimate of drug-likeness (QED) is 0.650. The van der Waals surface area contributed by atoms with Gasteiger partial charge in [0.05, 0.1) is 19.3 Å². The van der Waals surface area contributed by atoms with E-state index < -0.39 is 6.04 Å². The fourth-order valence-corrected chi connectivity index (χ4v) is 3.44. The summed E-state index contributed by atoms with van der Waals surface area (Å²) in [6.45, 7) is 3.28. The van der Waals surface area contributed by atoms with Gasteiger partial charge in [0.1, 0.15) is 0 Å². The second-order valence-corrected chi connectivity index (χ2v) is 6.81. The van der Waals surface area contributed by atoms with Crippen LogP contribution in [0.15, 0.2) is 54.7 Å². The number of benzene rings is 2. The van der Waals surface area contributed by atoms with Gasteiger partial charge in [0.15, 0.2) is 0 Å². The third-order valence-electron chi connectivity index (χ3n) is 4.96. The van der Waals surface area contributed by atoms with Crippen LogP contribution in [0.2, 0.25) is 0 Å². The van der Waals surface area contributed by atoms with E-state index in [4.69, 9.17) is 10.5 Å². The lowest BCUT2D eigenvalue weighted by atomic mass is 10.0. The average molecular weight is 364 g/mol. The van der Waals surface area contributed by atoms with Gasteiger partial charge in [0, 0.05) is 41.6 Å². The van der Waals surface area contributed by atoms with Crippen LogP contribution in [-0.2, 0) is 16.0 Å². The van der Waals surface area contributed by atoms with Gasteiger partial charge in [-0.15, -0.1) is 0 Å². The molecule has 0 saturated carbocycles. The summed E-state index contributed by atoms with van der Waals surface area (Å²) < 4.78 is 5.38. The number of aromatic nitrogens is 1. The molecule has 0 radical (unpaired) electrons. The smallest absolute Gasteiger partial charge is 0.241 e. The summed E-state index contributed by atoms with van der Waals surface area (Å²) in [7, 11) is 0. The van der Waals surface area contributed by atoms with Gasteiger partial charge in [-0.1, -0.05) is 18.2 Å². The van der Waals surface area contributed by atoms with Gasteiger partial charge < -0.3 is 25.7 Å². The maximum atomic E-state index is 12.5. The predicted octanol–water partition coefficient (Wildman–Crippen LogP) is 2.51. The number of hydrogen-bond acceptors (Lipinski definition) is 4. The summed E-state index contributed by atoms with van der Waals surface area (Å²) in [5.74, 6) is -0.181. The van der Waals surface area contributed by atoms with Gasteiger partial charge in [-0.2, -0.15) is 0 Å². The van der Waals surface area contributed by atoms with Crippen LogP contribution in [0, 0.1) is 0 Å². The monoisotopic (exact) mass is 364 g/mol. The van der Waals surface area contributed by atoms with Crippen LogP contribution >= 0.6 is 0 Å². The molecule has 0 bridgehead atoms. The number of amides is 1. The largest absolute Gasteiger partial charge is 0.378 e. The summed E-state index contributed by atoms with van der Waals surface area (Å²) >= 11 is 0. The summed E-state index contributed by atoms with van der Waals surface area (Å²) in [4.78, 5) is 18.0. The highest BCUT2D eigenvalue weighted by atomic mass is 16.5. The highest BCUT2D eigenvalue weighted by Crippen LogP contribution is 2.21. The first-order valence-electron chi connectivity index (χ1n) is 9.25. The van der Waals surface area contributed by atoms with Crippen molar-refractivity contribution >= 4 is 28.2 Å². The van der Waals surface area contributed by atoms with Crippen molar-refractivity contribution in [2.45, 2.75) is 12.5 Å². The second kappa shape index (κ2) is 7.82. The number of H-pyrrole nitrogens is 1. The number of fused-ring (bicyclic) bond motifs is 1. The van der Waals surface area contributed by atoms with Crippen molar-refractivity contribution in [1.29, 1.82) is 0 Å². The van der Waals surface area contributed by atoms with Crippen molar-refractivity contribution in [1.82, 2.24) is 4.98 Å². The Kier molecular flexibility index (Phi) is 5.09. The summed E-state index contributed by atoms with van der Waals surface area (Å²) in [5, 5.41) is 4.02. The number of nitrogens with zero attached hydrogens (tertiary/aromatic N) is 1. The van der Waals surface area contributed by atoms with Crippen molar-refractivity contribution < 1.29 is 9.53 Å². The molecule has 140 valence electrons. The van der Waals surface area contributed by atoms with E-state index in [0.29, 0.717) is 6.42 Å². The minimum Gasteiger partial charge on any atom is -0.378 e. The zero-order valence-electron chi connectivity index (χ0n) is 15.2. The molecule has 1 aliphatic heterocycles. The van der Waals surface area contributed by atoms with Crippen molar-refractivity contribution in [3.63, 3.8) is 0 Å². The van der Waals surface area contributed by atoms with Gasteiger partial charge >= 0.3 is 0 Å². The number of morpholine rings is 1. The number of nitrogens with two attached hydrogens (primary N) is 1. The Balaban J connectivity index is 1.38. The van der Waals surface area contributed by atoms with E-state index in [-0.39, 0.29) is 5.91 Å². The molecule has 0 aliphatic carbocycles. The Morgan fingerprint density at radius 2 is 1.89 bits per heavy atom. The molecular weight excluding hydrogens is 340 g/mol. The molecule has 6 nitrogen and oxygen atoms in total. The van der Waals surface area contributed by atoms with Crippen LogP contribution in [-0.4, -0.2) is 43.2 Å². The Morgan fingerprint density at radius 1 is 1.15 bits per heavy atom. The Labute approximate surface area is 158 Å². The van der Waals surface area contributed by atoms with Gasteiger partial charge in [0.25, 0.3) is 0 Å². The molecule has 3 aromatic rings. The number of hydrogen-bond donors (Lipinski definition) is 3. The Bertz CT molecular complexity index is 913. The zero-order valence-corrected chi connectivity index (χ0v) is 15.2. The molecular formula is C21H24N4O2. The third kappa shape index (κ3) is 3.97. The van der Waals surface area contributed by atoms with Gasteiger partial charge in [-0.25, -0.2) is 0 Å². The van der Waals surface area contributed by atoms with E-state index in [2.05, 4.69) is 15.2 Å². The average Bonchev–Trinajstić information content (AvgIpc) is 3.12. The number of rotatable bonds is 5. The minimum atomic E-state index is -0.608. The Hall–Kier alpha value is -2.83. The minimum absolute atomic E-state index is 0.181. The summed E-state index contributed by atoms with van der Waals surface area (Å²) in [6.07, 6.45) is 2.41. The molecule has 1 unspecified atom stereocenters. The SMILES string of the molecule is NC(Cc1c[nH]c2ccccc12)C(=O)Nc1ccc(N2CCOCC2)cc1. The molecule has 1 amide bonds. The van der Waals surface area contributed by atoms with Crippen molar-refractivity contribution in [2.24, 2.45) is 5.73 Å². The van der Waals surface area contributed by atoms with Crippen LogP contribution < -0.4 is 16.0 Å². The highest BCUT2D eigenvalue weighted by Gasteiger charge is 2.17.